The zero-order valence-electron chi connectivity index (χ0n) is 10.8. The third-order valence-corrected chi connectivity index (χ3v) is 3.69. The second kappa shape index (κ2) is 5.51. The summed E-state index contributed by atoms with van der Waals surface area (Å²) in [6.45, 7) is 0.514. The van der Waals surface area contributed by atoms with Crippen molar-refractivity contribution in [3.63, 3.8) is 0 Å². The predicted molar refractivity (Wildman–Crippen MR) is 76.7 cm³/mol. The minimum atomic E-state index is -0.444. The van der Waals surface area contributed by atoms with Gasteiger partial charge in [0.15, 0.2) is 0 Å². The van der Waals surface area contributed by atoms with Crippen molar-refractivity contribution in [2.45, 2.75) is 25.4 Å². The minimum absolute atomic E-state index is 0.315. The topological polar surface area (TPSA) is 12.0 Å². The van der Waals surface area contributed by atoms with Gasteiger partial charge in [-0.1, -0.05) is 23.7 Å². The van der Waals surface area contributed by atoms with Crippen molar-refractivity contribution in [3.8, 4) is 11.1 Å². The van der Waals surface area contributed by atoms with Gasteiger partial charge < -0.3 is 5.32 Å². The van der Waals surface area contributed by atoms with Gasteiger partial charge in [-0.3, -0.25) is 0 Å². The van der Waals surface area contributed by atoms with E-state index in [0.29, 0.717) is 34.3 Å². The van der Waals surface area contributed by atoms with Crippen molar-refractivity contribution in [2.24, 2.45) is 0 Å². The van der Waals surface area contributed by atoms with Crippen LogP contribution < -0.4 is 5.32 Å². The van der Waals surface area contributed by atoms with Crippen molar-refractivity contribution < 1.29 is 8.78 Å². The van der Waals surface area contributed by atoms with Crippen LogP contribution in [0.1, 0.15) is 18.4 Å². The first kappa shape index (κ1) is 13.5. The lowest BCUT2D eigenvalue weighted by Gasteiger charge is -2.08. The molecule has 1 aliphatic carbocycles. The van der Waals surface area contributed by atoms with Crippen LogP contribution in [0.15, 0.2) is 36.4 Å². The van der Waals surface area contributed by atoms with Crippen molar-refractivity contribution in [2.75, 3.05) is 0 Å². The SMILES string of the molecule is Fc1cc(-c2ccc(Cl)cc2F)ccc1CNC1CC1. The molecular weight excluding hydrogens is 280 g/mol. The van der Waals surface area contributed by atoms with E-state index in [2.05, 4.69) is 5.32 Å². The highest BCUT2D eigenvalue weighted by Crippen LogP contribution is 2.27. The van der Waals surface area contributed by atoms with E-state index in [-0.39, 0.29) is 5.82 Å². The summed E-state index contributed by atoms with van der Waals surface area (Å²) >= 11 is 5.72. The Morgan fingerprint density at radius 3 is 2.50 bits per heavy atom. The van der Waals surface area contributed by atoms with Crippen molar-refractivity contribution in [1.29, 1.82) is 0 Å². The zero-order chi connectivity index (χ0) is 14.1. The fourth-order valence-corrected chi connectivity index (χ4v) is 2.28. The molecule has 0 unspecified atom stereocenters. The normalized spacial score (nSPS) is 14.6. The standard InChI is InChI=1S/C16H14ClF2N/c17-12-3-6-14(16(19)8-12)10-1-2-11(15(18)7-10)9-20-13-4-5-13/h1-3,6-8,13,20H,4-5,9H2. The van der Waals surface area contributed by atoms with Gasteiger partial charge in [0, 0.05) is 28.7 Å². The smallest absolute Gasteiger partial charge is 0.132 e. The lowest BCUT2D eigenvalue weighted by atomic mass is 10.0. The molecule has 2 aromatic rings. The van der Waals surface area contributed by atoms with E-state index in [1.54, 1.807) is 24.3 Å². The van der Waals surface area contributed by atoms with E-state index in [9.17, 15) is 8.78 Å². The average Bonchev–Trinajstić information content (AvgIpc) is 3.21. The Kier molecular flexibility index (Phi) is 3.72. The molecule has 20 heavy (non-hydrogen) atoms. The van der Waals surface area contributed by atoms with Crippen molar-refractivity contribution >= 4 is 11.6 Å². The van der Waals surface area contributed by atoms with Crippen LogP contribution in [-0.2, 0) is 6.54 Å². The van der Waals surface area contributed by atoms with Crippen molar-refractivity contribution in [1.82, 2.24) is 5.32 Å². The maximum atomic E-state index is 14.0. The maximum Gasteiger partial charge on any atom is 0.132 e. The minimum Gasteiger partial charge on any atom is -0.310 e. The summed E-state index contributed by atoms with van der Waals surface area (Å²) in [4.78, 5) is 0. The molecule has 1 fully saturated rings. The molecule has 3 rings (SSSR count). The second-order valence-electron chi connectivity index (χ2n) is 5.09. The van der Waals surface area contributed by atoms with E-state index >= 15 is 0 Å². The number of hydrogen-bond donors (Lipinski definition) is 1. The molecule has 0 bridgehead atoms. The first-order valence-electron chi connectivity index (χ1n) is 6.61. The Bertz CT molecular complexity index is 638. The summed E-state index contributed by atoms with van der Waals surface area (Å²) in [7, 11) is 0. The first-order valence-corrected chi connectivity index (χ1v) is 6.98. The van der Waals surface area contributed by atoms with Crippen LogP contribution >= 0.6 is 11.6 Å². The van der Waals surface area contributed by atoms with Gasteiger partial charge in [-0.2, -0.15) is 0 Å². The summed E-state index contributed by atoms with van der Waals surface area (Å²) in [5.74, 6) is -0.759. The number of nitrogens with one attached hydrogen (secondary N) is 1. The Hall–Kier alpha value is -1.45. The Morgan fingerprint density at radius 2 is 1.85 bits per heavy atom. The van der Waals surface area contributed by atoms with Gasteiger partial charge in [-0.05, 0) is 42.7 Å². The van der Waals surface area contributed by atoms with Crippen LogP contribution in [0, 0.1) is 11.6 Å². The molecule has 104 valence electrons. The van der Waals surface area contributed by atoms with Crippen LogP contribution in [0.25, 0.3) is 11.1 Å². The third-order valence-electron chi connectivity index (χ3n) is 3.45. The van der Waals surface area contributed by atoms with E-state index in [1.165, 1.54) is 12.1 Å². The maximum absolute atomic E-state index is 14.0. The molecule has 0 aliphatic heterocycles. The molecule has 0 atom stereocenters. The number of benzene rings is 2. The van der Waals surface area contributed by atoms with E-state index < -0.39 is 5.82 Å². The van der Waals surface area contributed by atoms with E-state index in [0.717, 1.165) is 12.8 Å². The Morgan fingerprint density at radius 1 is 1.05 bits per heavy atom. The lowest BCUT2D eigenvalue weighted by molar-refractivity contribution is 0.587. The molecule has 4 heteroatoms. The molecule has 2 aromatic carbocycles. The van der Waals surface area contributed by atoms with E-state index in [1.807, 2.05) is 0 Å². The van der Waals surface area contributed by atoms with Gasteiger partial charge in [-0.15, -0.1) is 0 Å². The molecule has 0 saturated heterocycles. The first-order chi connectivity index (χ1) is 9.63. The number of hydrogen-bond acceptors (Lipinski definition) is 1. The highest BCUT2D eigenvalue weighted by Gasteiger charge is 2.20. The van der Waals surface area contributed by atoms with Gasteiger partial charge in [0.25, 0.3) is 0 Å². The van der Waals surface area contributed by atoms with Crippen LogP contribution in [0.5, 0.6) is 0 Å². The fraction of sp³-hybridized carbons (Fsp3) is 0.250. The number of rotatable bonds is 4. The highest BCUT2D eigenvalue weighted by atomic mass is 35.5. The molecule has 1 N–H and O–H groups in total. The lowest BCUT2D eigenvalue weighted by Crippen LogP contribution is -2.16. The summed E-state index contributed by atoms with van der Waals surface area (Å²) in [5.41, 5.74) is 1.48. The van der Waals surface area contributed by atoms with E-state index in [4.69, 9.17) is 11.6 Å². The monoisotopic (exact) mass is 293 g/mol. The Labute approximate surface area is 121 Å². The largest absolute Gasteiger partial charge is 0.310 e. The molecule has 0 heterocycles. The molecular formula is C16H14ClF2N. The van der Waals surface area contributed by atoms with Crippen LogP contribution in [0.3, 0.4) is 0 Å². The molecule has 1 aliphatic rings. The van der Waals surface area contributed by atoms with Crippen LogP contribution in [0.4, 0.5) is 8.78 Å². The molecule has 0 amide bonds. The molecule has 1 saturated carbocycles. The highest BCUT2D eigenvalue weighted by molar-refractivity contribution is 6.30. The summed E-state index contributed by atoms with van der Waals surface area (Å²) in [5, 5.41) is 3.59. The molecule has 0 spiro atoms. The molecule has 0 radical (unpaired) electrons. The quantitative estimate of drug-likeness (QED) is 0.873. The Balaban J connectivity index is 1.84. The number of halogens is 3. The molecule has 1 nitrogen and oxygen atoms in total. The van der Waals surface area contributed by atoms with Crippen LogP contribution in [0.2, 0.25) is 5.02 Å². The second-order valence-corrected chi connectivity index (χ2v) is 5.52. The zero-order valence-corrected chi connectivity index (χ0v) is 11.6. The predicted octanol–water partition coefficient (Wildman–Crippen LogP) is 4.54. The van der Waals surface area contributed by atoms with Gasteiger partial charge in [0.05, 0.1) is 0 Å². The van der Waals surface area contributed by atoms with Crippen LogP contribution in [-0.4, -0.2) is 6.04 Å². The molecule has 0 aromatic heterocycles. The van der Waals surface area contributed by atoms with Gasteiger partial charge >= 0.3 is 0 Å². The van der Waals surface area contributed by atoms with Gasteiger partial charge in [-0.25, -0.2) is 8.78 Å². The summed E-state index contributed by atoms with van der Waals surface area (Å²) in [6.07, 6.45) is 2.32. The fourth-order valence-electron chi connectivity index (χ4n) is 2.12. The van der Waals surface area contributed by atoms with Gasteiger partial charge in [0.2, 0.25) is 0 Å². The summed E-state index contributed by atoms with van der Waals surface area (Å²) in [6, 6.07) is 9.73. The van der Waals surface area contributed by atoms with Gasteiger partial charge in [0.1, 0.15) is 11.6 Å². The average molecular weight is 294 g/mol. The third kappa shape index (κ3) is 3.00. The van der Waals surface area contributed by atoms with Crippen molar-refractivity contribution in [3.05, 3.63) is 58.6 Å². The summed E-state index contributed by atoms with van der Waals surface area (Å²) < 4.78 is 27.8.